The van der Waals surface area contributed by atoms with Crippen LogP contribution in [0.2, 0.25) is 0 Å². The maximum Gasteiger partial charge on any atom is 0.283 e. The third-order valence-corrected chi connectivity index (χ3v) is 6.29. The lowest BCUT2D eigenvalue weighted by Gasteiger charge is -2.21. The number of benzene rings is 1. The van der Waals surface area contributed by atoms with Crippen LogP contribution in [0.4, 0.5) is 5.69 Å². The molecule has 0 saturated carbocycles. The Morgan fingerprint density at radius 2 is 1.77 bits per heavy atom. The van der Waals surface area contributed by atoms with Gasteiger partial charge in [0.25, 0.3) is 5.91 Å². The number of nitrogens with one attached hydrogen (secondary N) is 1. The van der Waals surface area contributed by atoms with Crippen molar-refractivity contribution in [3.8, 4) is 0 Å². The number of amides is 1. The largest absolute Gasteiger partial charge is 0.372 e. The van der Waals surface area contributed by atoms with Crippen molar-refractivity contribution in [3.05, 3.63) is 35.4 Å². The van der Waals surface area contributed by atoms with Gasteiger partial charge in [-0.05, 0) is 62.2 Å². The Kier molecular flexibility index (Phi) is 7.85. The summed E-state index contributed by atoms with van der Waals surface area (Å²) in [4.78, 5) is 19.0. The molecule has 0 bridgehead atoms. The van der Waals surface area contributed by atoms with Crippen molar-refractivity contribution < 1.29 is 4.79 Å². The van der Waals surface area contributed by atoms with Crippen LogP contribution in [0.5, 0.6) is 0 Å². The number of hydrogen-bond donors (Lipinski definition) is 1. The number of aliphatic imine (C=N–C) groups is 1. The fourth-order valence-electron chi connectivity index (χ4n) is 3.55. The van der Waals surface area contributed by atoms with Gasteiger partial charge in [-0.3, -0.25) is 10.2 Å². The molecule has 0 radical (unpaired) electrons. The van der Waals surface area contributed by atoms with Crippen molar-refractivity contribution in [1.82, 2.24) is 5.01 Å². The van der Waals surface area contributed by atoms with E-state index in [0.29, 0.717) is 5.17 Å². The van der Waals surface area contributed by atoms with Gasteiger partial charge < -0.3 is 4.90 Å². The van der Waals surface area contributed by atoms with E-state index in [9.17, 15) is 4.79 Å². The summed E-state index contributed by atoms with van der Waals surface area (Å²) in [5.41, 5.74) is 2.31. The first-order valence-electron chi connectivity index (χ1n) is 10.9. The predicted molar refractivity (Wildman–Crippen MR) is 128 cm³/mol. The molecular weight excluding hydrogens is 394 g/mol. The number of rotatable bonds is 10. The van der Waals surface area contributed by atoms with Crippen LogP contribution in [-0.2, 0) is 4.79 Å². The number of nitrogens with zero attached hydrogens (tertiary/aromatic N) is 4. The molecule has 2 heterocycles. The van der Waals surface area contributed by atoms with Crippen molar-refractivity contribution in [2.24, 2.45) is 10.1 Å². The summed E-state index contributed by atoms with van der Waals surface area (Å²) in [5.74, 6) is -0.266. The molecule has 30 heavy (non-hydrogen) atoms. The van der Waals surface area contributed by atoms with Crippen molar-refractivity contribution in [1.29, 1.82) is 5.41 Å². The lowest BCUT2D eigenvalue weighted by atomic mass is 10.1. The quantitative estimate of drug-likeness (QED) is 0.396. The van der Waals surface area contributed by atoms with Crippen LogP contribution < -0.4 is 4.90 Å². The molecular formula is C23H31N5OS. The topological polar surface area (TPSA) is 72.1 Å². The van der Waals surface area contributed by atoms with E-state index in [4.69, 9.17) is 5.41 Å². The van der Waals surface area contributed by atoms with Gasteiger partial charge in [-0.15, -0.1) is 0 Å². The molecule has 0 spiro atoms. The van der Waals surface area contributed by atoms with Gasteiger partial charge in [0.05, 0.1) is 5.57 Å². The summed E-state index contributed by atoms with van der Waals surface area (Å²) < 4.78 is 0. The number of carbonyl (C=O) groups excluding carboxylic acids is 1. The van der Waals surface area contributed by atoms with Crippen molar-refractivity contribution in [2.75, 3.05) is 18.0 Å². The van der Waals surface area contributed by atoms with E-state index in [-0.39, 0.29) is 17.3 Å². The second-order valence-corrected chi connectivity index (χ2v) is 8.48. The zero-order valence-corrected chi connectivity index (χ0v) is 19.0. The number of anilines is 1. The predicted octanol–water partition coefficient (Wildman–Crippen LogP) is 5.51. The molecule has 7 heteroatoms. The molecule has 2 aliphatic heterocycles. The molecule has 0 aromatic heterocycles. The van der Waals surface area contributed by atoms with Crippen LogP contribution in [0.3, 0.4) is 0 Å². The average Bonchev–Trinajstić information content (AvgIpc) is 3.16. The van der Waals surface area contributed by atoms with Crippen LogP contribution in [0.15, 0.2) is 39.9 Å². The van der Waals surface area contributed by atoms with Crippen LogP contribution in [-0.4, -0.2) is 40.1 Å². The standard InChI is InChI=1S/C23H31N5OS/c1-4-7-8-9-10-11-20-26-28-21(24)19(22(29)25-23(28)30-20)16-17-12-14-18(15-13-17)27(5-2)6-3/h12-16,24H,4-11H2,1-3H3. The molecule has 6 nitrogen and oxygen atoms in total. The number of unbranched alkanes of at least 4 members (excludes halogenated alkanes) is 4. The first kappa shape index (κ1) is 22.3. The van der Waals surface area contributed by atoms with Gasteiger partial charge in [0.1, 0.15) is 5.04 Å². The summed E-state index contributed by atoms with van der Waals surface area (Å²) in [6.45, 7) is 8.36. The Hall–Kier alpha value is -2.41. The van der Waals surface area contributed by atoms with Gasteiger partial charge in [0.15, 0.2) is 5.84 Å². The van der Waals surface area contributed by atoms with Crippen LogP contribution in [0.1, 0.15) is 64.9 Å². The maximum atomic E-state index is 12.6. The van der Waals surface area contributed by atoms with Crippen molar-refractivity contribution >= 4 is 45.5 Å². The first-order chi connectivity index (χ1) is 14.6. The highest BCUT2D eigenvalue weighted by Gasteiger charge is 2.35. The van der Waals surface area contributed by atoms with E-state index in [2.05, 4.69) is 35.8 Å². The molecule has 160 valence electrons. The van der Waals surface area contributed by atoms with E-state index in [0.717, 1.165) is 42.2 Å². The van der Waals surface area contributed by atoms with E-state index in [1.807, 2.05) is 24.3 Å². The third-order valence-electron chi connectivity index (χ3n) is 5.32. The highest BCUT2D eigenvalue weighted by molar-refractivity contribution is 8.26. The molecule has 3 rings (SSSR count). The molecule has 0 atom stereocenters. The molecule has 0 aliphatic carbocycles. The number of fused-ring (bicyclic) bond motifs is 1. The van der Waals surface area contributed by atoms with Gasteiger partial charge in [-0.2, -0.15) is 15.1 Å². The van der Waals surface area contributed by atoms with Crippen molar-refractivity contribution in [2.45, 2.75) is 59.3 Å². The molecule has 0 fully saturated rings. The Labute approximate surface area is 183 Å². The molecule has 0 unspecified atom stereocenters. The highest BCUT2D eigenvalue weighted by atomic mass is 32.2. The highest BCUT2D eigenvalue weighted by Crippen LogP contribution is 2.30. The number of hydrazone groups is 1. The molecule has 1 N–H and O–H groups in total. The van der Waals surface area contributed by atoms with E-state index < -0.39 is 0 Å². The van der Waals surface area contributed by atoms with Gasteiger partial charge >= 0.3 is 0 Å². The summed E-state index contributed by atoms with van der Waals surface area (Å²) in [5, 5.41) is 16.0. The van der Waals surface area contributed by atoms with Crippen molar-refractivity contribution in [3.63, 3.8) is 0 Å². The Morgan fingerprint density at radius 1 is 1.07 bits per heavy atom. The molecule has 0 saturated heterocycles. The average molecular weight is 426 g/mol. The Morgan fingerprint density at radius 3 is 2.43 bits per heavy atom. The van der Waals surface area contributed by atoms with Crippen LogP contribution >= 0.6 is 11.8 Å². The molecule has 1 aromatic rings. The normalized spacial score (nSPS) is 17.3. The fourth-order valence-corrected chi connectivity index (χ4v) is 4.48. The Balaban J connectivity index is 1.70. The number of carbonyl (C=O) groups is 1. The zero-order chi connectivity index (χ0) is 21.5. The minimum atomic E-state index is -0.369. The van der Waals surface area contributed by atoms with Gasteiger partial charge in [0.2, 0.25) is 5.17 Å². The molecule has 1 amide bonds. The zero-order valence-electron chi connectivity index (χ0n) is 18.1. The van der Waals surface area contributed by atoms with Crippen LogP contribution in [0.25, 0.3) is 6.08 Å². The molecule has 2 aliphatic rings. The maximum absolute atomic E-state index is 12.6. The first-order valence-corrected chi connectivity index (χ1v) is 11.7. The minimum Gasteiger partial charge on any atom is -0.372 e. The molecule has 1 aromatic carbocycles. The Bertz CT molecular complexity index is 868. The van der Waals surface area contributed by atoms with Gasteiger partial charge in [-0.25, -0.2) is 0 Å². The summed E-state index contributed by atoms with van der Waals surface area (Å²) >= 11 is 1.42. The smallest absolute Gasteiger partial charge is 0.283 e. The monoisotopic (exact) mass is 425 g/mol. The summed E-state index contributed by atoms with van der Waals surface area (Å²) in [6, 6.07) is 8.05. The van der Waals surface area contributed by atoms with E-state index in [1.54, 1.807) is 6.08 Å². The summed E-state index contributed by atoms with van der Waals surface area (Å²) in [7, 11) is 0. The van der Waals surface area contributed by atoms with Gasteiger partial charge in [-0.1, -0.05) is 44.7 Å². The van der Waals surface area contributed by atoms with E-state index in [1.165, 1.54) is 42.5 Å². The SMILES string of the molecule is CCCCCCCC1=NN2C(=N)C(=Cc3ccc(N(CC)CC)cc3)C(=O)N=C2S1. The third kappa shape index (κ3) is 5.19. The second kappa shape index (κ2) is 10.6. The van der Waals surface area contributed by atoms with E-state index >= 15 is 0 Å². The number of amidine groups is 2. The lowest BCUT2D eigenvalue weighted by Crippen LogP contribution is -2.35. The minimum absolute atomic E-state index is 0.103. The number of thioether (sulfide) groups is 1. The van der Waals surface area contributed by atoms with Crippen LogP contribution in [0, 0.1) is 5.41 Å². The second-order valence-electron chi connectivity index (χ2n) is 7.44. The lowest BCUT2D eigenvalue weighted by molar-refractivity contribution is -0.114. The fraction of sp³-hybridized carbons (Fsp3) is 0.478. The summed E-state index contributed by atoms with van der Waals surface area (Å²) in [6.07, 6.45) is 8.61. The van der Waals surface area contributed by atoms with Gasteiger partial charge in [0, 0.05) is 18.8 Å². The number of hydrogen-bond acceptors (Lipinski definition) is 5.